The SMILES string of the molecule is Cc1ccc(C(c2ccc(O)cc2)C(C)C)cc1. The summed E-state index contributed by atoms with van der Waals surface area (Å²) < 4.78 is 0. The average molecular weight is 240 g/mol. The first-order chi connectivity index (χ1) is 8.58. The van der Waals surface area contributed by atoms with E-state index in [2.05, 4.69) is 45.0 Å². The zero-order chi connectivity index (χ0) is 13.1. The maximum absolute atomic E-state index is 9.38. The van der Waals surface area contributed by atoms with Gasteiger partial charge in [-0.05, 0) is 36.1 Å². The largest absolute Gasteiger partial charge is 0.508 e. The third kappa shape index (κ3) is 2.73. The van der Waals surface area contributed by atoms with Crippen LogP contribution in [0, 0.1) is 12.8 Å². The minimum Gasteiger partial charge on any atom is -0.508 e. The molecule has 1 heteroatoms. The van der Waals surface area contributed by atoms with Crippen LogP contribution in [0.5, 0.6) is 5.75 Å². The molecule has 2 rings (SSSR count). The van der Waals surface area contributed by atoms with E-state index in [4.69, 9.17) is 0 Å². The van der Waals surface area contributed by atoms with Crippen molar-refractivity contribution < 1.29 is 5.11 Å². The Hall–Kier alpha value is -1.76. The molecule has 2 aromatic rings. The molecule has 1 unspecified atom stereocenters. The predicted molar refractivity (Wildman–Crippen MR) is 76.0 cm³/mol. The van der Waals surface area contributed by atoms with E-state index < -0.39 is 0 Å². The van der Waals surface area contributed by atoms with E-state index in [0.29, 0.717) is 17.6 Å². The van der Waals surface area contributed by atoms with Crippen molar-refractivity contribution in [2.45, 2.75) is 26.7 Å². The van der Waals surface area contributed by atoms with Crippen LogP contribution in [-0.2, 0) is 0 Å². The van der Waals surface area contributed by atoms with Gasteiger partial charge in [0.05, 0.1) is 0 Å². The molecule has 2 aromatic carbocycles. The molecule has 0 fully saturated rings. The first-order valence-corrected chi connectivity index (χ1v) is 6.43. The van der Waals surface area contributed by atoms with E-state index in [0.717, 1.165) is 0 Å². The van der Waals surface area contributed by atoms with Gasteiger partial charge < -0.3 is 5.11 Å². The molecule has 0 aliphatic heterocycles. The minimum atomic E-state index is 0.324. The summed E-state index contributed by atoms with van der Waals surface area (Å²) in [6.45, 7) is 6.57. The maximum atomic E-state index is 9.38. The predicted octanol–water partition coefficient (Wildman–Crippen LogP) is 4.49. The molecule has 0 saturated heterocycles. The molecule has 0 radical (unpaired) electrons. The van der Waals surface area contributed by atoms with Gasteiger partial charge in [-0.3, -0.25) is 0 Å². The lowest BCUT2D eigenvalue weighted by molar-refractivity contribution is 0.474. The number of aryl methyl sites for hydroxylation is 1. The number of hydrogen-bond acceptors (Lipinski definition) is 1. The monoisotopic (exact) mass is 240 g/mol. The molecule has 0 aliphatic carbocycles. The van der Waals surface area contributed by atoms with Gasteiger partial charge in [0.25, 0.3) is 0 Å². The third-order valence-electron chi connectivity index (χ3n) is 3.36. The van der Waals surface area contributed by atoms with E-state index in [9.17, 15) is 5.11 Å². The Morgan fingerprint density at radius 3 is 1.67 bits per heavy atom. The van der Waals surface area contributed by atoms with E-state index >= 15 is 0 Å². The van der Waals surface area contributed by atoms with Crippen LogP contribution < -0.4 is 0 Å². The van der Waals surface area contributed by atoms with Crippen molar-refractivity contribution in [3.63, 3.8) is 0 Å². The number of hydrogen-bond donors (Lipinski definition) is 1. The van der Waals surface area contributed by atoms with Crippen molar-refractivity contribution in [2.24, 2.45) is 5.92 Å². The molecule has 0 aromatic heterocycles. The highest BCUT2D eigenvalue weighted by atomic mass is 16.3. The third-order valence-corrected chi connectivity index (χ3v) is 3.36. The molecular formula is C17H20O. The molecule has 18 heavy (non-hydrogen) atoms. The highest BCUT2D eigenvalue weighted by Gasteiger charge is 2.17. The van der Waals surface area contributed by atoms with Crippen LogP contribution >= 0.6 is 0 Å². The molecule has 1 atom stereocenters. The van der Waals surface area contributed by atoms with Crippen LogP contribution in [0.25, 0.3) is 0 Å². The van der Waals surface area contributed by atoms with Gasteiger partial charge in [0.15, 0.2) is 0 Å². The molecule has 94 valence electrons. The summed E-state index contributed by atoms with van der Waals surface area (Å²) in [5, 5.41) is 9.38. The van der Waals surface area contributed by atoms with Crippen molar-refractivity contribution in [1.29, 1.82) is 0 Å². The van der Waals surface area contributed by atoms with Crippen molar-refractivity contribution >= 4 is 0 Å². The highest BCUT2D eigenvalue weighted by Crippen LogP contribution is 2.32. The van der Waals surface area contributed by atoms with Gasteiger partial charge >= 0.3 is 0 Å². The number of benzene rings is 2. The van der Waals surface area contributed by atoms with Gasteiger partial charge in [-0.15, -0.1) is 0 Å². The zero-order valence-electron chi connectivity index (χ0n) is 11.2. The smallest absolute Gasteiger partial charge is 0.115 e. The lowest BCUT2D eigenvalue weighted by atomic mass is 9.82. The molecular weight excluding hydrogens is 220 g/mol. The van der Waals surface area contributed by atoms with Crippen LogP contribution in [0.3, 0.4) is 0 Å². The molecule has 0 heterocycles. The average Bonchev–Trinajstić information content (AvgIpc) is 2.34. The van der Waals surface area contributed by atoms with Gasteiger partial charge in [0.1, 0.15) is 5.75 Å². The van der Waals surface area contributed by atoms with Gasteiger partial charge in [-0.1, -0.05) is 55.8 Å². The van der Waals surface area contributed by atoms with Gasteiger partial charge in [0, 0.05) is 5.92 Å². The van der Waals surface area contributed by atoms with Crippen LogP contribution in [0.1, 0.15) is 36.5 Å². The fourth-order valence-electron chi connectivity index (χ4n) is 2.42. The Labute approximate surface area is 109 Å². The van der Waals surface area contributed by atoms with Crippen molar-refractivity contribution in [2.75, 3.05) is 0 Å². The number of rotatable bonds is 3. The van der Waals surface area contributed by atoms with Crippen LogP contribution in [0.4, 0.5) is 0 Å². The lowest BCUT2D eigenvalue weighted by Crippen LogP contribution is -2.08. The standard InChI is InChI=1S/C17H20O/c1-12(2)17(14-6-4-13(3)5-7-14)15-8-10-16(18)11-9-15/h4-12,17-18H,1-3H3. The Kier molecular flexibility index (Phi) is 3.71. The van der Waals surface area contributed by atoms with Crippen LogP contribution in [0.2, 0.25) is 0 Å². The topological polar surface area (TPSA) is 20.2 Å². The minimum absolute atomic E-state index is 0.324. The Bertz CT molecular complexity index is 449. The van der Waals surface area contributed by atoms with E-state index in [1.54, 1.807) is 12.1 Å². The first-order valence-electron chi connectivity index (χ1n) is 6.43. The molecule has 0 saturated carbocycles. The molecule has 0 bridgehead atoms. The quantitative estimate of drug-likeness (QED) is 0.838. The molecule has 0 spiro atoms. The van der Waals surface area contributed by atoms with Gasteiger partial charge in [-0.2, -0.15) is 0 Å². The fraction of sp³-hybridized carbons (Fsp3) is 0.294. The number of aromatic hydroxyl groups is 1. The normalized spacial score (nSPS) is 12.7. The van der Waals surface area contributed by atoms with Gasteiger partial charge in [0.2, 0.25) is 0 Å². The second-order valence-corrected chi connectivity index (χ2v) is 5.22. The van der Waals surface area contributed by atoms with Crippen molar-refractivity contribution in [1.82, 2.24) is 0 Å². The Balaban J connectivity index is 2.39. The van der Waals surface area contributed by atoms with Gasteiger partial charge in [-0.25, -0.2) is 0 Å². The molecule has 0 amide bonds. The summed E-state index contributed by atoms with van der Waals surface area (Å²) >= 11 is 0. The highest BCUT2D eigenvalue weighted by molar-refractivity contribution is 5.37. The Morgan fingerprint density at radius 1 is 0.778 bits per heavy atom. The molecule has 1 N–H and O–H groups in total. The molecule has 0 aliphatic rings. The summed E-state index contributed by atoms with van der Waals surface area (Å²) in [6, 6.07) is 16.3. The van der Waals surface area contributed by atoms with Crippen molar-refractivity contribution in [3.05, 3.63) is 65.2 Å². The summed E-state index contributed by atoms with van der Waals surface area (Å²) in [7, 11) is 0. The molecule has 1 nitrogen and oxygen atoms in total. The zero-order valence-corrected chi connectivity index (χ0v) is 11.2. The summed E-state index contributed by atoms with van der Waals surface area (Å²) in [6.07, 6.45) is 0. The lowest BCUT2D eigenvalue weighted by Gasteiger charge is -2.22. The van der Waals surface area contributed by atoms with E-state index in [1.165, 1.54) is 16.7 Å². The fourth-order valence-corrected chi connectivity index (χ4v) is 2.42. The van der Waals surface area contributed by atoms with E-state index in [-0.39, 0.29) is 0 Å². The summed E-state index contributed by atoms with van der Waals surface area (Å²) in [4.78, 5) is 0. The van der Waals surface area contributed by atoms with Crippen LogP contribution in [0.15, 0.2) is 48.5 Å². The maximum Gasteiger partial charge on any atom is 0.115 e. The second kappa shape index (κ2) is 5.26. The summed E-state index contributed by atoms with van der Waals surface area (Å²) in [5.41, 5.74) is 3.87. The van der Waals surface area contributed by atoms with Crippen molar-refractivity contribution in [3.8, 4) is 5.75 Å². The second-order valence-electron chi connectivity index (χ2n) is 5.22. The summed E-state index contributed by atoms with van der Waals surface area (Å²) in [5.74, 6) is 1.23. The van der Waals surface area contributed by atoms with E-state index in [1.807, 2.05) is 12.1 Å². The van der Waals surface area contributed by atoms with Crippen LogP contribution in [-0.4, -0.2) is 5.11 Å². The number of phenols is 1. The first kappa shape index (κ1) is 12.7. The Morgan fingerprint density at radius 2 is 1.22 bits per heavy atom. The number of phenolic OH excluding ortho intramolecular Hbond substituents is 1.